The molecule has 0 radical (unpaired) electrons. The Kier molecular flexibility index (Phi) is 3.82. The van der Waals surface area contributed by atoms with Crippen LogP contribution in [0.2, 0.25) is 30.7 Å². The molecule has 4 aliphatic carbocycles. The minimum atomic E-state index is -1.53. The molecule has 0 aromatic heterocycles. The Bertz CT molecular complexity index is 498. The molecule has 8 unspecified atom stereocenters. The fourth-order valence-corrected chi connectivity index (χ4v) is 14.7. The van der Waals surface area contributed by atoms with Crippen molar-refractivity contribution in [3.63, 3.8) is 0 Å². The van der Waals surface area contributed by atoms with E-state index < -0.39 is 17.4 Å². The molecular weight excluding hydrogens is 300 g/mol. The van der Waals surface area contributed by atoms with Crippen LogP contribution in [0.3, 0.4) is 0 Å². The summed E-state index contributed by atoms with van der Waals surface area (Å²) in [5, 5.41) is 0. The predicted molar refractivity (Wildman–Crippen MR) is 99.0 cm³/mol. The second-order valence-electron chi connectivity index (χ2n) is 9.12. The van der Waals surface area contributed by atoms with Crippen LogP contribution in [0, 0.1) is 29.6 Å². The lowest BCUT2D eigenvalue weighted by Crippen LogP contribution is -2.45. The van der Waals surface area contributed by atoms with Gasteiger partial charge in [-0.25, -0.2) is 0 Å². The summed E-state index contributed by atoms with van der Waals surface area (Å²) in [7, 11) is -2.61. The van der Waals surface area contributed by atoms with Crippen LogP contribution >= 0.6 is 0 Å². The van der Waals surface area contributed by atoms with E-state index in [2.05, 4.69) is 50.9 Å². The van der Waals surface area contributed by atoms with Crippen molar-refractivity contribution in [2.24, 2.45) is 29.6 Å². The number of hydrogen-bond donors (Lipinski definition) is 0. The van der Waals surface area contributed by atoms with Crippen molar-refractivity contribution in [1.29, 1.82) is 0 Å². The summed E-state index contributed by atoms with van der Waals surface area (Å²) < 4.78 is 6.98. The lowest BCUT2D eigenvalue weighted by atomic mass is 9.91. The van der Waals surface area contributed by atoms with E-state index in [1.165, 1.54) is 25.7 Å². The molecular formula is C19H32OSi2. The van der Waals surface area contributed by atoms with Gasteiger partial charge in [0.1, 0.15) is 0 Å². The largest absolute Gasteiger partial charge is 0.457 e. The fraction of sp³-hybridized carbons (Fsp3) is 0.789. The molecule has 3 heteroatoms. The van der Waals surface area contributed by atoms with E-state index in [-0.39, 0.29) is 0 Å². The van der Waals surface area contributed by atoms with Crippen LogP contribution in [-0.2, 0) is 4.12 Å². The van der Waals surface area contributed by atoms with Gasteiger partial charge in [-0.1, -0.05) is 31.2 Å². The molecule has 1 nitrogen and oxygen atoms in total. The quantitative estimate of drug-likeness (QED) is 0.501. The first kappa shape index (κ1) is 15.4. The first-order chi connectivity index (χ1) is 10.4. The van der Waals surface area contributed by atoms with Crippen LogP contribution in [0.5, 0.6) is 0 Å². The highest BCUT2D eigenvalue weighted by Crippen LogP contribution is 2.53. The minimum absolute atomic E-state index is 0.848. The van der Waals surface area contributed by atoms with Crippen LogP contribution in [0.15, 0.2) is 24.3 Å². The lowest BCUT2D eigenvalue weighted by molar-refractivity contribution is 0.397. The fourth-order valence-electron chi connectivity index (χ4n) is 6.03. The maximum atomic E-state index is 6.98. The van der Waals surface area contributed by atoms with E-state index in [0.717, 1.165) is 40.7 Å². The van der Waals surface area contributed by atoms with E-state index in [1.54, 1.807) is 0 Å². The Morgan fingerprint density at radius 1 is 0.955 bits per heavy atom. The van der Waals surface area contributed by atoms with Crippen molar-refractivity contribution in [3.05, 3.63) is 24.3 Å². The molecule has 4 bridgehead atoms. The molecule has 122 valence electrons. The first-order valence-electron chi connectivity index (χ1n) is 9.48. The van der Waals surface area contributed by atoms with Crippen LogP contribution in [-0.4, -0.2) is 17.4 Å². The van der Waals surface area contributed by atoms with Gasteiger partial charge in [-0.15, -0.1) is 0 Å². The van der Waals surface area contributed by atoms with Crippen molar-refractivity contribution in [2.45, 2.75) is 63.3 Å². The smallest absolute Gasteiger partial charge is 0.176 e. The maximum absolute atomic E-state index is 6.98. The first-order valence-corrected chi connectivity index (χ1v) is 14.8. The lowest BCUT2D eigenvalue weighted by Gasteiger charge is -2.39. The Morgan fingerprint density at radius 2 is 1.59 bits per heavy atom. The van der Waals surface area contributed by atoms with Gasteiger partial charge in [0.15, 0.2) is 17.4 Å². The maximum Gasteiger partial charge on any atom is 0.176 e. The summed E-state index contributed by atoms with van der Waals surface area (Å²) in [6, 6.07) is 0. The number of rotatable bonds is 5. The molecule has 0 spiro atoms. The summed E-state index contributed by atoms with van der Waals surface area (Å²) in [4.78, 5) is 0. The molecule has 0 N–H and O–H groups in total. The monoisotopic (exact) mass is 332 g/mol. The van der Waals surface area contributed by atoms with Gasteiger partial charge < -0.3 is 4.12 Å². The van der Waals surface area contributed by atoms with Gasteiger partial charge in [-0.3, -0.25) is 0 Å². The molecule has 2 fully saturated rings. The topological polar surface area (TPSA) is 9.23 Å². The molecule has 0 aliphatic heterocycles. The van der Waals surface area contributed by atoms with Gasteiger partial charge in [0.25, 0.3) is 0 Å². The van der Waals surface area contributed by atoms with E-state index in [4.69, 9.17) is 4.12 Å². The van der Waals surface area contributed by atoms with Gasteiger partial charge >= 0.3 is 0 Å². The van der Waals surface area contributed by atoms with E-state index in [1.807, 2.05) is 0 Å². The van der Waals surface area contributed by atoms with Crippen molar-refractivity contribution < 1.29 is 4.12 Å². The number of hydrogen-bond acceptors (Lipinski definition) is 1. The minimum Gasteiger partial charge on any atom is -0.457 e. The van der Waals surface area contributed by atoms with E-state index in [9.17, 15) is 0 Å². The molecule has 4 aliphatic rings. The average Bonchev–Trinajstić information content (AvgIpc) is 3.24. The standard InChI is InChI=1S/C19H32OSi2/c1-13(18-11-14-5-7-16(18)9-14)21(2)20-22(3,4)19-12-15-6-8-17(19)10-15/h5-8,13-19,21H,9-12H2,1-4H3. The van der Waals surface area contributed by atoms with Crippen molar-refractivity contribution in [2.75, 3.05) is 0 Å². The predicted octanol–water partition coefficient (Wildman–Crippen LogP) is 5.13. The highest BCUT2D eigenvalue weighted by molar-refractivity contribution is 6.79. The average molecular weight is 333 g/mol. The zero-order chi connectivity index (χ0) is 15.5. The second kappa shape index (κ2) is 5.46. The summed E-state index contributed by atoms with van der Waals surface area (Å²) in [5.74, 6) is 4.46. The highest BCUT2D eigenvalue weighted by atomic mass is 28.4. The van der Waals surface area contributed by atoms with Crippen LogP contribution in [0.25, 0.3) is 0 Å². The van der Waals surface area contributed by atoms with Crippen LogP contribution in [0.1, 0.15) is 32.6 Å². The van der Waals surface area contributed by atoms with Gasteiger partial charge in [0.2, 0.25) is 0 Å². The van der Waals surface area contributed by atoms with Crippen LogP contribution in [0.4, 0.5) is 0 Å². The van der Waals surface area contributed by atoms with Crippen molar-refractivity contribution in [1.82, 2.24) is 0 Å². The van der Waals surface area contributed by atoms with Crippen molar-refractivity contribution in [3.8, 4) is 0 Å². The molecule has 22 heavy (non-hydrogen) atoms. The Morgan fingerprint density at radius 3 is 2.09 bits per heavy atom. The third-order valence-corrected chi connectivity index (χ3v) is 15.7. The zero-order valence-electron chi connectivity index (χ0n) is 14.7. The summed E-state index contributed by atoms with van der Waals surface area (Å²) in [6.45, 7) is 10.0. The molecule has 0 saturated heterocycles. The Labute approximate surface area is 139 Å². The van der Waals surface area contributed by atoms with E-state index >= 15 is 0 Å². The van der Waals surface area contributed by atoms with Crippen LogP contribution < -0.4 is 0 Å². The number of fused-ring (bicyclic) bond motifs is 4. The Balaban J connectivity index is 1.39. The molecule has 8 atom stereocenters. The summed E-state index contributed by atoms with van der Waals surface area (Å²) in [6.07, 6.45) is 15.7. The normalized spacial score (nSPS) is 44.9. The van der Waals surface area contributed by atoms with Gasteiger partial charge in [0.05, 0.1) is 0 Å². The van der Waals surface area contributed by atoms with Gasteiger partial charge in [-0.05, 0) is 86.0 Å². The highest BCUT2D eigenvalue weighted by Gasteiger charge is 2.48. The SMILES string of the molecule is CC(C1CC2C=CC1C2)[SiH](C)O[Si](C)(C)C1CC2C=CC1C2. The van der Waals surface area contributed by atoms with Gasteiger partial charge in [0, 0.05) is 0 Å². The molecule has 2 saturated carbocycles. The zero-order valence-corrected chi connectivity index (χ0v) is 16.8. The number of allylic oxidation sites excluding steroid dienone is 4. The molecule has 0 aromatic rings. The van der Waals surface area contributed by atoms with E-state index in [0.29, 0.717) is 0 Å². The van der Waals surface area contributed by atoms with Gasteiger partial charge in [-0.2, -0.15) is 0 Å². The second-order valence-corrected chi connectivity index (χ2v) is 16.5. The Hall–Kier alpha value is -0.126. The summed E-state index contributed by atoms with van der Waals surface area (Å²) >= 11 is 0. The molecule has 0 aromatic carbocycles. The van der Waals surface area contributed by atoms with Crippen molar-refractivity contribution >= 4 is 17.4 Å². The third-order valence-electron chi connectivity index (χ3n) is 7.41. The summed E-state index contributed by atoms with van der Waals surface area (Å²) in [5.41, 5.74) is 1.74. The molecule has 4 rings (SSSR count). The molecule has 0 heterocycles. The molecule has 0 amide bonds. The third kappa shape index (κ3) is 2.53.